The van der Waals surface area contributed by atoms with Crippen LogP contribution in [-0.2, 0) is 16.1 Å². The van der Waals surface area contributed by atoms with E-state index in [0.717, 1.165) is 17.1 Å². The molecule has 0 saturated heterocycles. The molecule has 1 atom stereocenters. The predicted molar refractivity (Wildman–Crippen MR) is 85.3 cm³/mol. The van der Waals surface area contributed by atoms with Gasteiger partial charge in [0.15, 0.2) is 6.10 Å². The van der Waals surface area contributed by atoms with Gasteiger partial charge < -0.3 is 19.0 Å². The number of esters is 1. The van der Waals surface area contributed by atoms with Crippen molar-refractivity contribution in [2.75, 3.05) is 6.54 Å². The lowest BCUT2D eigenvalue weighted by atomic mass is 10.2. The molecular weight excluding hydrogens is 296 g/mol. The molecule has 0 fully saturated rings. The minimum Gasteiger partial charge on any atom is -0.467 e. The van der Waals surface area contributed by atoms with Gasteiger partial charge in [-0.2, -0.15) is 0 Å². The maximum Gasteiger partial charge on any atom is 0.340 e. The molecule has 0 aliphatic rings. The van der Waals surface area contributed by atoms with Crippen molar-refractivity contribution in [3.63, 3.8) is 0 Å². The van der Waals surface area contributed by atoms with E-state index in [1.807, 2.05) is 37.5 Å². The Morgan fingerprint density at radius 1 is 1.39 bits per heavy atom. The summed E-state index contributed by atoms with van der Waals surface area (Å²) in [7, 11) is 0. The lowest BCUT2D eigenvalue weighted by Gasteiger charge is -2.13. The number of nitrogens with one attached hydrogen (secondary N) is 1. The van der Waals surface area contributed by atoms with Crippen LogP contribution in [0.3, 0.4) is 0 Å². The number of ether oxygens (including phenoxy) is 1. The van der Waals surface area contributed by atoms with Gasteiger partial charge in [0.1, 0.15) is 5.76 Å². The van der Waals surface area contributed by atoms with Gasteiger partial charge in [0.05, 0.1) is 18.4 Å². The Bertz CT molecular complexity index is 686. The van der Waals surface area contributed by atoms with Crippen LogP contribution in [0.1, 0.15) is 41.4 Å². The van der Waals surface area contributed by atoms with E-state index in [9.17, 15) is 9.59 Å². The van der Waals surface area contributed by atoms with Crippen LogP contribution in [0.2, 0.25) is 0 Å². The molecule has 2 aromatic rings. The maximum absolute atomic E-state index is 12.3. The molecule has 2 aromatic heterocycles. The molecule has 2 heterocycles. The van der Waals surface area contributed by atoms with Gasteiger partial charge in [-0.25, -0.2) is 4.79 Å². The second kappa shape index (κ2) is 7.17. The predicted octanol–water partition coefficient (Wildman–Crippen LogP) is 2.43. The van der Waals surface area contributed by atoms with Gasteiger partial charge in [0, 0.05) is 17.9 Å². The van der Waals surface area contributed by atoms with Crippen LogP contribution in [0, 0.1) is 13.8 Å². The summed E-state index contributed by atoms with van der Waals surface area (Å²) in [6, 6.07) is 5.48. The Hall–Kier alpha value is -2.50. The number of furan rings is 1. The highest BCUT2D eigenvalue weighted by atomic mass is 16.5. The Kier molecular flexibility index (Phi) is 5.26. The molecule has 0 unspecified atom stereocenters. The van der Waals surface area contributed by atoms with E-state index < -0.39 is 12.1 Å². The number of aromatic nitrogens is 1. The molecule has 0 aromatic carbocycles. The summed E-state index contributed by atoms with van der Waals surface area (Å²) in [5.41, 5.74) is 2.17. The number of aryl methyl sites for hydroxylation is 1. The number of likely N-dealkylation sites (N-methyl/N-ethyl adjacent to an activating group) is 1. The van der Waals surface area contributed by atoms with Crippen molar-refractivity contribution in [2.45, 2.75) is 40.3 Å². The molecular formula is C17H22N2O4. The second-order valence-electron chi connectivity index (χ2n) is 5.39. The van der Waals surface area contributed by atoms with E-state index >= 15 is 0 Å². The third kappa shape index (κ3) is 3.83. The molecule has 0 spiro atoms. The summed E-state index contributed by atoms with van der Waals surface area (Å²) in [6.45, 7) is 8.19. The molecule has 0 bridgehead atoms. The van der Waals surface area contributed by atoms with Crippen molar-refractivity contribution in [3.8, 4) is 0 Å². The third-order valence-corrected chi connectivity index (χ3v) is 3.69. The zero-order valence-corrected chi connectivity index (χ0v) is 13.9. The van der Waals surface area contributed by atoms with Gasteiger partial charge in [0.25, 0.3) is 5.91 Å². The van der Waals surface area contributed by atoms with Crippen LogP contribution in [-0.4, -0.2) is 29.1 Å². The van der Waals surface area contributed by atoms with Crippen LogP contribution in [0.5, 0.6) is 0 Å². The zero-order valence-electron chi connectivity index (χ0n) is 13.9. The van der Waals surface area contributed by atoms with Crippen molar-refractivity contribution in [3.05, 3.63) is 47.2 Å². The lowest BCUT2D eigenvalue weighted by molar-refractivity contribution is -0.128. The van der Waals surface area contributed by atoms with E-state index in [2.05, 4.69) is 5.32 Å². The Morgan fingerprint density at radius 3 is 2.74 bits per heavy atom. The normalized spacial score (nSPS) is 12.0. The fourth-order valence-electron chi connectivity index (χ4n) is 2.40. The van der Waals surface area contributed by atoms with E-state index in [4.69, 9.17) is 9.15 Å². The minimum atomic E-state index is -0.824. The fourth-order valence-corrected chi connectivity index (χ4v) is 2.40. The largest absolute Gasteiger partial charge is 0.467 e. The number of hydrogen-bond acceptors (Lipinski definition) is 4. The topological polar surface area (TPSA) is 73.5 Å². The lowest BCUT2D eigenvalue weighted by Crippen LogP contribution is -2.35. The molecule has 1 N–H and O–H groups in total. The smallest absolute Gasteiger partial charge is 0.340 e. The summed E-state index contributed by atoms with van der Waals surface area (Å²) >= 11 is 0. The summed E-state index contributed by atoms with van der Waals surface area (Å²) in [5.74, 6) is 0.00944. The van der Waals surface area contributed by atoms with Crippen LogP contribution in [0.4, 0.5) is 0 Å². The number of rotatable bonds is 6. The SMILES string of the molecule is CCNC(=O)[C@@H](C)OC(=O)c1cc(C)n(Cc2ccco2)c1C. The van der Waals surface area contributed by atoms with Gasteiger partial charge in [-0.1, -0.05) is 0 Å². The number of amides is 1. The Labute approximate surface area is 135 Å². The summed E-state index contributed by atoms with van der Waals surface area (Å²) in [6.07, 6.45) is 0.794. The molecule has 0 aliphatic carbocycles. The van der Waals surface area contributed by atoms with Crippen LogP contribution in [0.15, 0.2) is 28.9 Å². The molecule has 124 valence electrons. The molecule has 6 nitrogen and oxygen atoms in total. The van der Waals surface area contributed by atoms with E-state index in [0.29, 0.717) is 18.7 Å². The van der Waals surface area contributed by atoms with Crippen molar-refractivity contribution >= 4 is 11.9 Å². The first kappa shape index (κ1) is 16.9. The zero-order chi connectivity index (χ0) is 17.0. The van der Waals surface area contributed by atoms with Gasteiger partial charge in [-0.05, 0) is 45.9 Å². The highest BCUT2D eigenvalue weighted by Crippen LogP contribution is 2.19. The molecule has 0 saturated carbocycles. The van der Waals surface area contributed by atoms with E-state index in [1.165, 1.54) is 0 Å². The number of hydrogen-bond donors (Lipinski definition) is 1. The Balaban J connectivity index is 2.14. The average Bonchev–Trinajstić information content (AvgIpc) is 3.11. The monoisotopic (exact) mass is 318 g/mol. The first-order valence-electron chi connectivity index (χ1n) is 7.61. The number of carbonyl (C=O) groups is 2. The van der Waals surface area contributed by atoms with Gasteiger partial charge in [-0.3, -0.25) is 4.79 Å². The fraction of sp³-hybridized carbons (Fsp3) is 0.412. The summed E-state index contributed by atoms with van der Waals surface area (Å²) in [4.78, 5) is 24.0. The van der Waals surface area contributed by atoms with Gasteiger partial charge in [0.2, 0.25) is 0 Å². The Morgan fingerprint density at radius 2 is 2.13 bits per heavy atom. The standard InChI is InChI=1S/C17H22N2O4/c1-5-18-16(20)13(4)23-17(21)15-9-11(2)19(12(15)3)10-14-7-6-8-22-14/h6-9,13H,5,10H2,1-4H3,(H,18,20)/t13-/m1/s1. The van der Waals surface area contributed by atoms with Crippen molar-refractivity contribution in [1.82, 2.24) is 9.88 Å². The maximum atomic E-state index is 12.3. The average molecular weight is 318 g/mol. The molecule has 1 amide bonds. The number of nitrogens with zero attached hydrogens (tertiary/aromatic N) is 1. The molecule has 6 heteroatoms. The first-order chi connectivity index (χ1) is 10.9. The summed E-state index contributed by atoms with van der Waals surface area (Å²) < 4.78 is 12.6. The molecule has 0 radical (unpaired) electrons. The van der Waals surface area contributed by atoms with Crippen molar-refractivity contribution in [1.29, 1.82) is 0 Å². The van der Waals surface area contributed by atoms with E-state index in [-0.39, 0.29) is 5.91 Å². The molecule has 0 aliphatic heterocycles. The van der Waals surface area contributed by atoms with Crippen LogP contribution < -0.4 is 5.32 Å². The highest BCUT2D eigenvalue weighted by Gasteiger charge is 2.22. The molecule has 2 rings (SSSR count). The van der Waals surface area contributed by atoms with Crippen molar-refractivity contribution < 1.29 is 18.7 Å². The van der Waals surface area contributed by atoms with Crippen molar-refractivity contribution in [2.24, 2.45) is 0 Å². The molecule has 23 heavy (non-hydrogen) atoms. The van der Waals surface area contributed by atoms with Crippen LogP contribution in [0.25, 0.3) is 0 Å². The van der Waals surface area contributed by atoms with E-state index in [1.54, 1.807) is 19.3 Å². The first-order valence-corrected chi connectivity index (χ1v) is 7.61. The highest BCUT2D eigenvalue weighted by molar-refractivity contribution is 5.93. The summed E-state index contributed by atoms with van der Waals surface area (Å²) in [5, 5.41) is 2.63. The van der Waals surface area contributed by atoms with Crippen LogP contribution >= 0.6 is 0 Å². The second-order valence-corrected chi connectivity index (χ2v) is 5.39. The quantitative estimate of drug-likeness (QED) is 0.830. The number of carbonyl (C=O) groups excluding carboxylic acids is 2. The van der Waals surface area contributed by atoms with Gasteiger partial charge >= 0.3 is 5.97 Å². The van der Waals surface area contributed by atoms with Gasteiger partial charge in [-0.15, -0.1) is 0 Å². The minimum absolute atomic E-state index is 0.301. The third-order valence-electron chi connectivity index (χ3n) is 3.69.